The molecule has 0 N–H and O–H groups in total. The number of allylic oxidation sites excluding steroid dienone is 2. The van der Waals surface area contributed by atoms with Crippen LogP contribution in [-0.2, 0) is 11.2 Å². The third kappa shape index (κ3) is 6.60. The lowest BCUT2D eigenvalue weighted by Gasteiger charge is -2.36. The molecule has 2 atom stereocenters. The summed E-state index contributed by atoms with van der Waals surface area (Å²) < 4.78 is 64.0. The van der Waals surface area contributed by atoms with Crippen LogP contribution in [0.2, 0.25) is 0 Å². The number of carbonyl (C=O) groups excluding carboxylic acids is 1. The van der Waals surface area contributed by atoms with E-state index in [0.717, 1.165) is 12.8 Å². The summed E-state index contributed by atoms with van der Waals surface area (Å²) in [5.74, 6) is -7.50. The lowest BCUT2D eigenvalue weighted by molar-refractivity contribution is -0.140. The highest BCUT2D eigenvalue weighted by atomic mass is 19.3. The van der Waals surface area contributed by atoms with Gasteiger partial charge in [-0.25, -0.2) is 17.6 Å². The molecule has 33 heavy (non-hydrogen) atoms. The quantitative estimate of drug-likeness (QED) is 0.218. The van der Waals surface area contributed by atoms with Crippen molar-refractivity contribution < 1.29 is 27.1 Å². The number of carbonyl (C=O) groups is 1. The minimum atomic E-state index is -2.95. The Bertz CT molecular complexity index is 810. The average molecular weight is 469 g/mol. The average Bonchev–Trinajstić information content (AvgIpc) is 2.81. The number of halogens is 4. The van der Waals surface area contributed by atoms with Gasteiger partial charge in [-0.2, -0.15) is 0 Å². The first kappa shape index (κ1) is 25.8. The lowest BCUT2D eigenvalue weighted by atomic mass is 9.75. The number of ether oxygens (including phenoxy) is 1. The van der Waals surface area contributed by atoms with E-state index >= 15 is 0 Å². The van der Waals surface area contributed by atoms with E-state index in [1.165, 1.54) is 5.56 Å². The van der Waals surface area contributed by atoms with Gasteiger partial charge in [0, 0.05) is 24.2 Å². The minimum absolute atomic E-state index is 0.226. The SMILES string of the molecule is CCCc1ccc(OC(=O)C2CCC(/C(F)=C(\F)C3CCC(CCC)C(F)(F)C3)CC2)cc1. The summed E-state index contributed by atoms with van der Waals surface area (Å²) in [6.07, 6.45) is 4.38. The Labute approximate surface area is 194 Å². The molecule has 184 valence electrons. The van der Waals surface area contributed by atoms with Crippen LogP contribution in [0.25, 0.3) is 0 Å². The summed E-state index contributed by atoms with van der Waals surface area (Å²) in [5, 5.41) is 0. The maximum Gasteiger partial charge on any atom is 0.314 e. The van der Waals surface area contributed by atoms with Gasteiger partial charge in [0.05, 0.1) is 5.92 Å². The highest BCUT2D eigenvalue weighted by molar-refractivity contribution is 5.75. The summed E-state index contributed by atoms with van der Waals surface area (Å²) in [4.78, 5) is 12.5. The zero-order chi connectivity index (χ0) is 24.0. The Morgan fingerprint density at radius 2 is 1.45 bits per heavy atom. The van der Waals surface area contributed by atoms with Gasteiger partial charge in [0.2, 0.25) is 0 Å². The zero-order valence-corrected chi connectivity index (χ0v) is 19.7. The van der Waals surface area contributed by atoms with Gasteiger partial charge in [-0.15, -0.1) is 0 Å². The Kier molecular flexibility index (Phi) is 9.00. The number of hydrogen-bond acceptors (Lipinski definition) is 2. The molecule has 1 aromatic carbocycles. The molecule has 2 aliphatic rings. The molecule has 0 bridgehead atoms. The maximum absolute atomic E-state index is 14.9. The highest BCUT2D eigenvalue weighted by Gasteiger charge is 2.46. The van der Waals surface area contributed by atoms with E-state index in [1.54, 1.807) is 12.1 Å². The van der Waals surface area contributed by atoms with Crippen LogP contribution in [0.4, 0.5) is 17.6 Å². The van der Waals surface area contributed by atoms with Crippen LogP contribution in [0.3, 0.4) is 0 Å². The molecule has 0 saturated heterocycles. The number of benzene rings is 1. The lowest BCUT2D eigenvalue weighted by Crippen LogP contribution is -2.36. The number of hydrogen-bond donors (Lipinski definition) is 0. The maximum atomic E-state index is 14.9. The van der Waals surface area contributed by atoms with E-state index in [1.807, 2.05) is 19.1 Å². The summed E-state index contributed by atoms with van der Waals surface area (Å²) in [6, 6.07) is 7.42. The Morgan fingerprint density at radius 1 is 0.879 bits per heavy atom. The predicted molar refractivity (Wildman–Crippen MR) is 121 cm³/mol. The third-order valence-electron chi connectivity index (χ3n) is 7.30. The molecule has 0 aliphatic heterocycles. The van der Waals surface area contributed by atoms with Crippen LogP contribution in [0.1, 0.15) is 83.6 Å². The Morgan fingerprint density at radius 3 is 2.03 bits per heavy atom. The molecule has 3 rings (SSSR count). The van der Waals surface area contributed by atoms with E-state index in [0.29, 0.717) is 44.3 Å². The molecule has 0 aromatic heterocycles. The number of aryl methyl sites for hydroxylation is 1. The third-order valence-corrected chi connectivity index (χ3v) is 7.30. The van der Waals surface area contributed by atoms with Crippen LogP contribution in [0.5, 0.6) is 5.75 Å². The second-order valence-corrected chi connectivity index (χ2v) is 9.78. The van der Waals surface area contributed by atoms with Gasteiger partial charge in [0.1, 0.15) is 17.4 Å². The summed E-state index contributed by atoms with van der Waals surface area (Å²) in [5.41, 5.74) is 1.18. The second-order valence-electron chi connectivity index (χ2n) is 9.78. The molecule has 2 aliphatic carbocycles. The Hall–Kier alpha value is -1.85. The second kappa shape index (κ2) is 11.5. The first-order chi connectivity index (χ1) is 15.7. The van der Waals surface area contributed by atoms with Crippen molar-refractivity contribution in [1.82, 2.24) is 0 Å². The fourth-order valence-electron chi connectivity index (χ4n) is 5.32. The van der Waals surface area contributed by atoms with E-state index < -0.39 is 41.8 Å². The number of esters is 1. The van der Waals surface area contributed by atoms with Crippen molar-refractivity contribution in [1.29, 1.82) is 0 Å². The number of rotatable bonds is 8. The molecule has 0 heterocycles. The molecule has 1 aromatic rings. The predicted octanol–water partition coefficient (Wildman–Crippen LogP) is 8.35. The van der Waals surface area contributed by atoms with E-state index in [-0.39, 0.29) is 24.7 Å². The van der Waals surface area contributed by atoms with Crippen molar-refractivity contribution in [3.8, 4) is 5.75 Å². The van der Waals surface area contributed by atoms with Crippen molar-refractivity contribution in [3.63, 3.8) is 0 Å². The number of alkyl halides is 2. The molecule has 2 saturated carbocycles. The minimum Gasteiger partial charge on any atom is -0.426 e. The molecule has 2 nitrogen and oxygen atoms in total. The summed E-state index contributed by atoms with van der Waals surface area (Å²) >= 11 is 0. The van der Waals surface area contributed by atoms with Crippen molar-refractivity contribution in [2.24, 2.45) is 23.7 Å². The fraction of sp³-hybridized carbons (Fsp3) is 0.667. The molecule has 0 spiro atoms. The molecular weight excluding hydrogens is 432 g/mol. The molecule has 0 radical (unpaired) electrons. The van der Waals surface area contributed by atoms with Gasteiger partial charge in [0.15, 0.2) is 0 Å². The largest absolute Gasteiger partial charge is 0.426 e. The topological polar surface area (TPSA) is 26.3 Å². The molecule has 2 unspecified atom stereocenters. The van der Waals surface area contributed by atoms with Crippen LogP contribution in [0, 0.1) is 23.7 Å². The monoisotopic (exact) mass is 468 g/mol. The van der Waals surface area contributed by atoms with E-state index in [2.05, 4.69) is 6.92 Å². The first-order valence-corrected chi connectivity index (χ1v) is 12.5. The van der Waals surface area contributed by atoms with Gasteiger partial charge in [-0.05, 0) is 69.1 Å². The first-order valence-electron chi connectivity index (χ1n) is 12.5. The standard InChI is InChI=1S/C27H36F4O2/c1-3-5-18-7-15-23(16-8-18)33-26(32)20-11-9-19(10-12-20)24(28)25(29)21-13-14-22(6-4-2)27(30,31)17-21/h7-8,15-16,19-22H,3-6,9-14,17H2,1-2H3/b25-24+. The smallest absolute Gasteiger partial charge is 0.314 e. The normalized spacial score (nSPS) is 28.2. The van der Waals surface area contributed by atoms with Gasteiger partial charge >= 0.3 is 5.97 Å². The summed E-state index contributed by atoms with van der Waals surface area (Å²) in [6.45, 7) is 3.96. The van der Waals surface area contributed by atoms with Crippen LogP contribution in [0.15, 0.2) is 35.9 Å². The molecular formula is C27H36F4O2. The van der Waals surface area contributed by atoms with Crippen LogP contribution in [-0.4, -0.2) is 11.9 Å². The van der Waals surface area contributed by atoms with Crippen molar-refractivity contribution in [2.45, 2.75) is 90.4 Å². The fourth-order valence-corrected chi connectivity index (χ4v) is 5.32. The van der Waals surface area contributed by atoms with Gasteiger partial charge in [-0.3, -0.25) is 4.79 Å². The van der Waals surface area contributed by atoms with Gasteiger partial charge < -0.3 is 4.74 Å². The molecule has 0 amide bonds. The van der Waals surface area contributed by atoms with Crippen molar-refractivity contribution in [2.75, 3.05) is 0 Å². The van der Waals surface area contributed by atoms with Crippen molar-refractivity contribution in [3.05, 3.63) is 41.5 Å². The zero-order valence-electron chi connectivity index (χ0n) is 19.7. The van der Waals surface area contributed by atoms with E-state index in [9.17, 15) is 22.4 Å². The van der Waals surface area contributed by atoms with Crippen molar-refractivity contribution >= 4 is 5.97 Å². The van der Waals surface area contributed by atoms with Gasteiger partial charge in [0.25, 0.3) is 5.92 Å². The Balaban J connectivity index is 1.53. The highest BCUT2D eigenvalue weighted by Crippen LogP contribution is 2.48. The van der Waals surface area contributed by atoms with Crippen LogP contribution >= 0.6 is 0 Å². The molecule has 2 fully saturated rings. The molecule has 6 heteroatoms. The van der Waals surface area contributed by atoms with E-state index in [4.69, 9.17) is 4.74 Å². The summed E-state index contributed by atoms with van der Waals surface area (Å²) in [7, 11) is 0. The van der Waals surface area contributed by atoms with Gasteiger partial charge in [-0.1, -0.05) is 38.8 Å². The van der Waals surface area contributed by atoms with Crippen LogP contribution < -0.4 is 4.74 Å².